The minimum atomic E-state index is -2.28. The van der Waals surface area contributed by atoms with Gasteiger partial charge < -0.3 is 108 Å². The van der Waals surface area contributed by atoms with Crippen LogP contribution in [0.4, 0.5) is 10.5 Å². The van der Waals surface area contributed by atoms with Gasteiger partial charge in [0.15, 0.2) is 0 Å². The van der Waals surface area contributed by atoms with Crippen molar-refractivity contribution in [2.24, 2.45) is 11.8 Å². The molecule has 3 rings (SSSR count). The second-order valence-electron chi connectivity index (χ2n) is 31.5. The average molecular weight is 1730 g/mol. The number of phenolic OH excluding ortho intramolecular Hbond substituents is 1. The fourth-order valence-electron chi connectivity index (χ4n) is 11.8. The van der Waals surface area contributed by atoms with Gasteiger partial charge in [0.2, 0.25) is 70.9 Å². The van der Waals surface area contributed by atoms with Crippen molar-refractivity contribution in [3.05, 3.63) is 48.1 Å². The number of carbonyl (C=O) groups is 19. The van der Waals surface area contributed by atoms with E-state index in [1.54, 1.807) is 75.3 Å². The number of carbonyl (C=O) groups excluding carboxylic acids is 18. The molecule has 1 aromatic carbocycles. The van der Waals surface area contributed by atoms with Crippen LogP contribution in [0.5, 0.6) is 5.75 Å². The second kappa shape index (κ2) is 53.3. The maximum Gasteiger partial charge on any atom is 0.407 e. The predicted molar refractivity (Wildman–Crippen MR) is 435 cm³/mol. The topological polar surface area (TPSA) is 583 Å². The molecule has 2 aliphatic rings. The Hall–Kier alpha value is -11.5. The number of aliphatic carboxylic acids is 1. The summed E-state index contributed by atoms with van der Waals surface area (Å²) in [6.45, 7) is 18.1. The second-order valence-corrected chi connectivity index (χ2v) is 31.5. The summed E-state index contributed by atoms with van der Waals surface area (Å²) < 4.78 is 31.2. The molecule has 0 saturated carbocycles. The number of nitrogens with zero attached hydrogens (tertiary/aromatic N) is 2. The zero-order valence-corrected chi connectivity index (χ0v) is 71.9. The molecule has 0 aliphatic carbocycles. The lowest BCUT2D eigenvalue weighted by Crippen LogP contribution is -2.66. The van der Waals surface area contributed by atoms with Crippen molar-refractivity contribution in [1.82, 2.24) is 73.6 Å². The van der Waals surface area contributed by atoms with Crippen molar-refractivity contribution >= 4 is 118 Å². The Kier molecular flexibility index (Phi) is 45.7. The van der Waals surface area contributed by atoms with Gasteiger partial charge in [-0.2, -0.15) is 0 Å². The third-order valence-electron chi connectivity index (χ3n) is 18.0. The van der Waals surface area contributed by atoms with Gasteiger partial charge in [0, 0.05) is 90.0 Å². The Labute approximate surface area is 708 Å². The first-order chi connectivity index (χ1) is 57.4. The number of hydrogen-bond acceptors (Lipinski definition) is 26. The van der Waals surface area contributed by atoms with Crippen LogP contribution in [0, 0.1) is 11.8 Å². The number of hydrogen-bond donors (Lipinski definition) is 15. The van der Waals surface area contributed by atoms with Crippen molar-refractivity contribution in [3.8, 4) is 5.75 Å². The molecule has 0 radical (unpaired) electrons. The first-order valence-electron chi connectivity index (χ1n) is 40.3. The highest BCUT2D eigenvalue weighted by Crippen LogP contribution is 2.27. The van der Waals surface area contributed by atoms with E-state index in [1.165, 1.54) is 40.2 Å². The van der Waals surface area contributed by atoms with E-state index < -0.39 is 222 Å². The lowest BCUT2D eigenvalue weighted by atomic mass is 10.0. The predicted octanol–water partition coefficient (Wildman–Crippen LogP) is -1.37. The molecule has 17 amide bonds. The Bertz CT molecular complexity index is 3840. The Balaban J connectivity index is 1.79. The Morgan fingerprint density at radius 2 is 0.861 bits per heavy atom. The van der Waals surface area contributed by atoms with Crippen LogP contribution in [0.2, 0.25) is 0 Å². The van der Waals surface area contributed by atoms with Gasteiger partial charge >= 0.3 is 18.0 Å². The summed E-state index contributed by atoms with van der Waals surface area (Å²) in [6, 6.07) is -8.93. The molecule has 122 heavy (non-hydrogen) atoms. The van der Waals surface area contributed by atoms with E-state index in [2.05, 4.69) is 69.1 Å². The van der Waals surface area contributed by atoms with E-state index in [-0.39, 0.29) is 128 Å². The summed E-state index contributed by atoms with van der Waals surface area (Å²) >= 11 is 0. The van der Waals surface area contributed by atoms with Gasteiger partial charge in [-0.25, -0.2) is 4.79 Å². The number of benzene rings is 1. The number of nitrogens with one attached hydrogen (secondary N) is 13. The number of imide groups is 2. The van der Waals surface area contributed by atoms with E-state index >= 15 is 0 Å². The van der Waals surface area contributed by atoms with Crippen molar-refractivity contribution in [1.29, 1.82) is 0 Å². The molecule has 2 heterocycles. The zero-order valence-electron chi connectivity index (χ0n) is 71.9. The summed E-state index contributed by atoms with van der Waals surface area (Å²) in [5, 5.41) is 53.3. The molecule has 9 atom stereocenters. The highest BCUT2D eigenvalue weighted by atomic mass is 16.6. The summed E-state index contributed by atoms with van der Waals surface area (Å²) in [5.41, 5.74) is -1.16. The molecule has 2 aliphatic heterocycles. The monoisotopic (exact) mass is 1730 g/mol. The molecule has 42 nitrogen and oxygen atoms in total. The number of ether oxygens (including phenoxy) is 6. The minimum absolute atomic E-state index is 0.0374. The van der Waals surface area contributed by atoms with E-state index in [0.717, 1.165) is 24.3 Å². The Morgan fingerprint density at radius 3 is 1.27 bits per heavy atom. The summed E-state index contributed by atoms with van der Waals surface area (Å²) in [4.78, 5) is 255. The largest absolute Gasteiger partial charge is 0.506 e. The number of anilines is 1. The fourth-order valence-corrected chi connectivity index (χ4v) is 11.8. The molecule has 0 fully saturated rings. The van der Waals surface area contributed by atoms with Gasteiger partial charge in [0.1, 0.15) is 78.5 Å². The smallest absolute Gasteiger partial charge is 0.407 e. The van der Waals surface area contributed by atoms with Crippen LogP contribution in [0.25, 0.3) is 0 Å². The molecular weight excluding hydrogens is 1600 g/mol. The van der Waals surface area contributed by atoms with Crippen LogP contribution in [-0.2, 0) is 121 Å². The van der Waals surface area contributed by atoms with Crippen molar-refractivity contribution in [3.63, 3.8) is 0 Å². The molecule has 15 N–H and O–H groups in total. The lowest BCUT2D eigenvalue weighted by Gasteiger charge is -2.35. The lowest BCUT2D eigenvalue weighted by molar-refractivity contribution is -0.156. The van der Waals surface area contributed by atoms with Gasteiger partial charge in [-0.15, -0.1) is 0 Å². The number of methoxy groups -OCH3 is 2. The highest BCUT2D eigenvalue weighted by Gasteiger charge is 2.50. The summed E-state index contributed by atoms with van der Waals surface area (Å²) in [5.74, 6) is -18.0. The molecule has 1 aromatic rings. The number of amides is 17. The number of esters is 1. The van der Waals surface area contributed by atoms with Crippen LogP contribution in [0.3, 0.4) is 0 Å². The first kappa shape index (κ1) is 105. The summed E-state index contributed by atoms with van der Waals surface area (Å²) in [7, 11) is 2.93. The number of unbranched alkanes of at least 4 members (excludes halogenated alkanes) is 2. The minimum Gasteiger partial charge on any atom is -0.506 e. The molecule has 42 heteroatoms. The van der Waals surface area contributed by atoms with Crippen LogP contribution in [0.15, 0.2) is 42.5 Å². The number of alkyl carbamates (subject to hydrolysis) is 1. The molecule has 2 unspecified atom stereocenters. The molecule has 0 aromatic heterocycles. The number of aromatic hydroxyl groups is 1. The molecule has 0 saturated heterocycles. The number of phenols is 1. The first-order valence-corrected chi connectivity index (χ1v) is 40.3. The van der Waals surface area contributed by atoms with Crippen LogP contribution < -0.4 is 69.1 Å². The third-order valence-corrected chi connectivity index (χ3v) is 18.0. The zero-order chi connectivity index (χ0) is 91.6. The van der Waals surface area contributed by atoms with Gasteiger partial charge in [-0.1, -0.05) is 33.8 Å². The molecule has 0 bridgehead atoms. The van der Waals surface area contributed by atoms with E-state index in [9.17, 15) is 101 Å². The number of carboxylic acids is 1. The fraction of sp³-hybridized carbons (Fsp3) is 0.637. The SMILES string of the molecule is COCCOCC(=O)NCCCC[C@H](NC(=O)CCCNC(=O)C(C(C(=O)NCCCC(=O)N[C@@H](CCCCNC(=O)COCCOC)C(=O)N[C@H](C(=O)N[C@@H](C)C(=O)NCC(=O)Nc1cc(C[C@@H](CCC(=O)OC(C)(C)C)NC(=O)OC(C)(C)C)ccc1O)C(C)C)N1C(=O)C=CC1=O)N1C(=O)C=CC1=O)C(=O)N[C@H](C(=O)N[C@@H](C)C(=O)O)C(C)C. The highest BCUT2D eigenvalue weighted by molar-refractivity contribution is 6.19. The van der Waals surface area contributed by atoms with E-state index in [4.69, 9.17) is 28.4 Å². The maximum absolute atomic E-state index is 14.5. The van der Waals surface area contributed by atoms with Gasteiger partial charge in [-0.3, -0.25) is 96.1 Å². The average Bonchev–Trinajstić information content (AvgIpc) is 1.59. The number of rotatable bonds is 56. The van der Waals surface area contributed by atoms with Gasteiger partial charge in [0.05, 0.1) is 38.7 Å². The van der Waals surface area contributed by atoms with Crippen molar-refractivity contribution < 1.29 is 130 Å². The maximum atomic E-state index is 14.5. The third kappa shape index (κ3) is 39.8. The van der Waals surface area contributed by atoms with Crippen LogP contribution in [0.1, 0.15) is 166 Å². The van der Waals surface area contributed by atoms with Crippen LogP contribution >= 0.6 is 0 Å². The van der Waals surface area contributed by atoms with E-state index in [0.29, 0.717) is 21.8 Å². The van der Waals surface area contributed by atoms with Crippen LogP contribution in [-0.4, -0.2) is 285 Å². The quantitative estimate of drug-likeness (QED) is 0.0155. The molecule has 0 spiro atoms. The Morgan fingerprint density at radius 1 is 0.434 bits per heavy atom. The van der Waals surface area contributed by atoms with Gasteiger partial charge in [0.25, 0.3) is 23.6 Å². The standard InChI is InChI=1S/C80H123N15O27/c1-46(2)66(73(110)86-48(5)70(107)85-43-58(99)91-54-42-50(25-27-55(54)96)41-51(88-78(116)122-80(10,11)12)26-32-65(106)121-79(7,8)9)92-71(108)52(21-15-17-33-81-59(100)44-119-39-37-117-13)89-56(97)23-19-35-83-75(112)68(94-61(102)28-29-62(94)103)69(95-63(104)30-31-64(95)105)76(113)84-36-20-24-57(98)90-53(22-16-18-34-82-60(101)45-120-40-38-118-14)72(109)93-67(47(3)4)74(111)87-49(6)77(114)115/h25,27-31,42,46-49,51-53,66-69,96H,15-24,26,32-41,43-45H2,1-14H3,(H,81,100)(H,82,101)(H,83,112)(H,84,113)(H,85,107)(H,86,110)(H,87,111)(H,88,116)(H,89,97)(H,90,98)(H,91,99)(H,92,108)(H,93,109)(H,114,115)/t48-,49-,51+,52-,53-,66-,67-,68?,69?/m0/s1. The molecule has 680 valence electrons. The number of carboxylic acid groups (broad SMARTS) is 1. The van der Waals surface area contributed by atoms with Crippen molar-refractivity contribution in [2.45, 2.75) is 232 Å². The normalized spacial score (nSPS) is 14.8. The van der Waals surface area contributed by atoms with E-state index in [1.807, 2.05) is 0 Å². The van der Waals surface area contributed by atoms with Gasteiger partial charge in [-0.05, 0) is 149 Å². The molecular formula is C80H123N15O27. The van der Waals surface area contributed by atoms with Crippen molar-refractivity contribution in [2.75, 3.05) is 91.9 Å². The summed E-state index contributed by atoms with van der Waals surface area (Å²) in [6.07, 6.45) is 2.03.